The smallest absolute Gasteiger partial charge is 0.184 e. The van der Waals surface area contributed by atoms with Crippen LogP contribution in [0, 0.1) is 11.3 Å². The van der Waals surface area contributed by atoms with Crippen LogP contribution in [0.1, 0.15) is 44.6 Å². The Morgan fingerprint density at radius 3 is 2.06 bits per heavy atom. The highest BCUT2D eigenvalue weighted by Crippen LogP contribution is 2.28. The molecule has 0 atom stereocenters. The third-order valence-corrected chi connectivity index (χ3v) is 4.61. The summed E-state index contributed by atoms with van der Waals surface area (Å²) in [5.41, 5.74) is 2.70. The van der Waals surface area contributed by atoms with Crippen molar-refractivity contribution in [1.82, 2.24) is 15.2 Å². The second kappa shape index (κ2) is 12.2. The standard InChI is InChI=1S/C18H19N3O.C10H11NO/c1-13(2)22-16-11-7-6-10-15(16)18-19-17(20-21-18)12-14-8-4-3-5-9-14;1-8(2)12-10-6-4-3-5-9(10)7-11/h3-11,13H,12H2,1-2H3,(H,19,20,21);3-6,8H,1-2H3. The lowest BCUT2D eigenvalue weighted by atomic mass is 10.1. The molecule has 174 valence electrons. The van der Waals surface area contributed by atoms with Crippen LogP contribution < -0.4 is 9.47 Å². The van der Waals surface area contributed by atoms with E-state index in [1.54, 1.807) is 12.1 Å². The van der Waals surface area contributed by atoms with Crippen molar-refractivity contribution in [2.75, 3.05) is 0 Å². The van der Waals surface area contributed by atoms with Gasteiger partial charge >= 0.3 is 0 Å². The van der Waals surface area contributed by atoms with Crippen molar-refractivity contribution in [2.24, 2.45) is 0 Å². The van der Waals surface area contributed by atoms with E-state index >= 15 is 0 Å². The van der Waals surface area contributed by atoms with E-state index in [9.17, 15) is 0 Å². The van der Waals surface area contributed by atoms with Crippen molar-refractivity contribution >= 4 is 0 Å². The first-order valence-corrected chi connectivity index (χ1v) is 11.3. The molecule has 1 aromatic heterocycles. The molecule has 0 aliphatic carbocycles. The van der Waals surface area contributed by atoms with Crippen molar-refractivity contribution in [2.45, 2.75) is 46.3 Å². The number of ether oxygens (including phenoxy) is 2. The van der Waals surface area contributed by atoms with Crippen LogP contribution in [0.15, 0.2) is 78.9 Å². The maximum absolute atomic E-state index is 8.70. The average Bonchev–Trinajstić information content (AvgIpc) is 3.28. The predicted octanol–water partition coefficient (Wildman–Crippen LogP) is 6.20. The molecule has 0 spiro atoms. The Hall–Kier alpha value is -4.11. The highest BCUT2D eigenvalue weighted by Gasteiger charge is 2.12. The van der Waals surface area contributed by atoms with Crippen LogP contribution in [0.2, 0.25) is 0 Å². The molecule has 0 bridgehead atoms. The number of nitrogens with one attached hydrogen (secondary N) is 1. The molecule has 4 rings (SSSR count). The molecule has 0 aliphatic heterocycles. The molecular weight excluding hydrogens is 424 g/mol. The molecular formula is C28H30N4O2. The maximum atomic E-state index is 8.70. The van der Waals surface area contributed by atoms with Gasteiger partial charge in [-0.1, -0.05) is 54.6 Å². The summed E-state index contributed by atoms with van der Waals surface area (Å²) in [6.45, 7) is 7.90. The maximum Gasteiger partial charge on any atom is 0.184 e. The fraction of sp³-hybridized carbons (Fsp3) is 0.250. The Labute approximate surface area is 201 Å². The fourth-order valence-corrected chi connectivity index (χ4v) is 3.21. The van der Waals surface area contributed by atoms with Crippen LogP contribution in [-0.2, 0) is 6.42 Å². The van der Waals surface area contributed by atoms with E-state index in [1.807, 2.05) is 82.3 Å². The molecule has 0 amide bonds. The first-order valence-electron chi connectivity index (χ1n) is 11.3. The first kappa shape index (κ1) is 24.5. The molecule has 0 saturated heterocycles. The lowest BCUT2D eigenvalue weighted by Crippen LogP contribution is -2.06. The second-order valence-corrected chi connectivity index (χ2v) is 8.21. The van der Waals surface area contributed by atoms with E-state index in [1.165, 1.54) is 5.56 Å². The summed E-state index contributed by atoms with van der Waals surface area (Å²) >= 11 is 0. The molecule has 6 heteroatoms. The molecule has 0 fully saturated rings. The van der Waals surface area contributed by atoms with Crippen LogP contribution in [0.5, 0.6) is 11.5 Å². The first-order chi connectivity index (χ1) is 16.5. The molecule has 0 unspecified atom stereocenters. The second-order valence-electron chi connectivity index (χ2n) is 8.21. The van der Waals surface area contributed by atoms with Gasteiger partial charge in [-0.15, -0.1) is 0 Å². The van der Waals surface area contributed by atoms with Gasteiger partial charge in [0.25, 0.3) is 0 Å². The average molecular weight is 455 g/mol. The minimum absolute atomic E-state index is 0.111. The summed E-state index contributed by atoms with van der Waals surface area (Å²) in [6, 6.07) is 27.4. The largest absolute Gasteiger partial charge is 0.490 e. The van der Waals surface area contributed by atoms with Crippen LogP contribution in [0.3, 0.4) is 0 Å². The van der Waals surface area contributed by atoms with Crippen LogP contribution in [0.25, 0.3) is 11.4 Å². The van der Waals surface area contributed by atoms with E-state index in [4.69, 9.17) is 14.7 Å². The van der Waals surface area contributed by atoms with E-state index < -0.39 is 0 Å². The number of aromatic amines is 1. The summed E-state index contributed by atoms with van der Waals surface area (Å²) in [4.78, 5) is 4.60. The van der Waals surface area contributed by atoms with Gasteiger partial charge < -0.3 is 9.47 Å². The van der Waals surface area contributed by atoms with E-state index in [-0.39, 0.29) is 12.2 Å². The Kier molecular flexibility index (Phi) is 8.81. The summed E-state index contributed by atoms with van der Waals surface area (Å²) < 4.78 is 11.2. The van der Waals surface area contributed by atoms with E-state index in [2.05, 4.69) is 33.4 Å². The zero-order chi connectivity index (χ0) is 24.3. The Bertz CT molecular complexity index is 1210. The van der Waals surface area contributed by atoms with Crippen LogP contribution in [0.4, 0.5) is 0 Å². The van der Waals surface area contributed by atoms with Crippen molar-refractivity contribution in [3.05, 3.63) is 95.8 Å². The van der Waals surface area contributed by atoms with Crippen LogP contribution in [-0.4, -0.2) is 27.4 Å². The van der Waals surface area contributed by atoms with Gasteiger partial charge in [-0.05, 0) is 57.5 Å². The fourth-order valence-electron chi connectivity index (χ4n) is 3.21. The summed E-state index contributed by atoms with van der Waals surface area (Å²) in [7, 11) is 0. The molecule has 0 saturated carbocycles. The van der Waals surface area contributed by atoms with Crippen molar-refractivity contribution in [3.8, 4) is 29.0 Å². The van der Waals surface area contributed by atoms with Gasteiger partial charge in [0.1, 0.15) is 23.4 Å². The number of hydrogen-bond donors (Lipinski definition) is 1. The molecule has 0 aliphatic rings. The number of benzene rings is 3. The number of H-pyrrole nitrogens is 1. The third kappa shape index (κ3) is 7.21. The van der Waals surface area contributed by atoms with Crippen molar-refractivity contribution in [1.29, 1.82) is 5.26 Å². The van der Waals surface area contributed by atoms with Crippen LogP contribution >= 0.6 is 0 Å². The van der Waals surface area contributed by atoms with Crippen molar-refractivity contribution < 1.29 is 9.47 Å². The zero-order valence-electron chi connectivity index (χ0n) is 20.0. The highest BCUT2D eigenvalue weighted by molar-refractivity contribution is 5.63. The van der Waals surface area contributed by atoms with Crippen molar-refractivity contribution in [3.63, 3.8) is 0 Å². The van der Waals surface area contributed by atoms with Gasteiger partial charge in [-0.25, -0.2) is 4.98 Å². The molecule has 1 heterocycles. The monoisotopic (exact) mass is 454 g/mol. The van der Waals surface area contributed by atoms with Gasteiger partial charge in [0.2, 0.25) is 0 Å². The SMILES string of the molecule is CC(C)Oc1ccccc1-c1n[nH]c(Cc2ccccc2)n1.CC(C)Oc1ccccc1C#N. The van der Waals surface area contributed by atoms with Gasteiger partial charge in [0.15, 0.2) is 5.82 Å². The van der Waals surface area contributed by atoms with Gasteiger partial charge in [-0.2, -0.15) is 10.4 Å². The Morgan fingerprint density at radius 2 is 1.38 bits per heavy atom. The van der Waals surface area contributed by atoms with E-state index in [0.717, 1.165) is 23.6 Å². The zero-order valence-corrected chi connectivity index (χ0v) is 20.0. The van der Waals surface area contributed by atoms with Gasteiger partial charge in [-0.3, -0.25) is 5.10 Å². The summed E-state index contributed by atoms with van der Waals surface area (Å²) in [6.07, 6.45) is 0.963. The minimum atomic E-state index is 0.111. The topological polar surface area (TPSA) is 83.8 Å². The normalized spacial score (nSPS) is 10.4. The summed E-state index contributed by atoms with van der Waals surface area (Å²) in [5, 5.41) is 16.1. The Balaban J connectivity index is 0.000000229. The summed E-state index contributed by atoms with van der Waals surface area (Å²) in [5.74, 6) is 2.99. The number of aromatic nitrogens is 3. The number of hydrogen-bond acceptors (Lipinski definition) is 5. The lowest BCUT2D eigenvalue weighted by Gasteiger charge is -2.12. The molecule has 3 aromatic carbocycles. The predicted molar refractivity (Wildman–Crippen MR) is 134 cm³/mol. The molecule has 4 aromatic rings. The Morgan fingerprint density at radius 1 is 0.794 bits per heavy atom. The number of nitriles is 1. The highest BCUT2D eigenvalue weighted by atomic mass is 16.5. The minimum Gasteiger partial charge on any atom is -0.490 e. The number of para-hydroxylation sites is 2. The van der Waals surface area contributed by atoms with Gasteiger partial charge in [0.05, 0.1) is 23.3 Å². The molecule has 0 radical (unpaired) electrons. The third-order valence-electron chi connectivity index (χ3n) is 4.61. The lowest BCUT2D eigenvalue weighted by molar-refractivity contribution is 0.241. The number of nitrogens with zero attached hydrogens (tertiary/aromatic N) is 3. The number of rotatable bonds is 7. The molecule has 34 heavy (non-hydrogen) atoms. The quantitative estimate of drug-likeness (QED) is 0.360. The molecule has 1 N–H and O–H groups in total. The van der Waals surface area contributed by atoms with Gasteiger partial charge in [0, 0.05) is 6.42 Å². The van der Waals surface area contributed by atoms with E-state index in [0.29, 0.717) is 17.1 Å². The molecule has 6 nitrogen and oxygen atoms in total.